The summed E-state index contributed by atoms with van der Waals surface area (Å²) in [6.45, 7) is 0.609. The van der Waals surface area contributed by atoms with Gasteiger partial charge < -0.3 is 5.32 Å². The second kappa shape index (κ2) is 5.80. The van der Waals surface area contributed by atoms with Crippen molar-refractivity contribution in [3.8, 4) is 0 Å². The van der Waals surface area contributed by atoms with Gasteiger partial charge in [-0.15, -0.1) is 0 Å². The van der Waals surface area contributed by atoms with Gasteiger partial charge in [-0.25, -0.2) is 4.37 Å². The summed E-state index contributed by atoms with van der Waals surface area (Å²) in [6, 6.07) is 9.33. The molecular formula is C12H11ClN2OS. The Hall–Kier alpha value is -1.39. The van der Waals surface area contributed by atoms with Crippen LogP contribution in [0.2, 0.25) is 5.02 Å². The van der Waals surface area contributed by atoms with Crippen LogP contribution < -0.4 is 5.32 Å². The van der Waals surface area contributed by atoms with Gasteiger partial charge in [0.15, 0.2) is 0 Å². The van der Waals surface area contributed by atoms with Crippen molar-refractivity contribution in [3.05, 3.63) is 52.0 Å². The molecule has 0 unspecified atom stereocenters. The first-order valence-electron chi connectivity index (χ1n) is 5.19. The second-order valence-electron chi connectivity index (χ2n) is 3.51. The maximum Gasteiger partial charge on any atom is 0.262 e. The van der Waals surface area contributed by atoms with E-state index in [1.807, 2.05) is 24.3 Å². The van der Waals surface area contributed by atoms with Gasteiger partial charge in [0.05, 0.1) is 0 Å². The number of carbonyl (C=O) groups is 1. The fraction of sp³-hybridized carbons (Fsp3) is 0.167. The zero-order chi connectivity index (χ0) is 12.1. The van der Waals surface area contributed by atoms with Gasteiger partial charge >= 0.3 is 0 Å². The third kappa shape index (κ3) is 3.54. The lowest BCUT2D eigenvalue weighted by Crippen LogP contribution is -2.24. The summed E-state index contributed by atoms with van der Waals surface area (Å²) in [5.74, 6) is -0.0681. The lowest BCUT2D eigenvalue weighted by molar-refractivity contribution is 0.0958. The van der Waals surface area contributed by atoms with Crippen LogP contribution in [0, 0.1) is 0 Å². The number of rotatable bonds is 4. The summed E-state index contributed by atoms with van der Waals surface area (Å²) in [7, 11) is 0. The molecule has 0 atom stereocenters. The Labute approximate surface area is 109 Å². The van der Waals surface area contributed by atoms with Gasteiger partial charge in [0.1, 0.15) is 4.88 Å². The predicted octanol–water partition coefficient (Wildman–Crippen LogP) is 2.77. The van der Waals surface area contributed by atoms with Gasteiger partial charge in [-0.05, 0) is 41.7 Å². The normalized spacial score (nSPS) is 10.2. The average molecular weight is 267 g/mol. The van der Waals surface area contributed by atoms with Crippen LogP contribution in [-0.4, -0.2) is 16.8 Å². The lowest BCUT2D eigenvalue weighted by atomic mass is 10.1. The van der Waals surface area contributed by atoms with Gasteiger partial charge in [0.25, 0.3) is 5.91 Å². The van der Waals surface area contributed by atoms with Crippen LogP contribution in [0.25, 0.3) is 0 Å². The van der Waals surface area contributed by atoms with E-state index in [1.165, 1.54) is 11.5 Å². The molecule has 2 aromatic rings. The number of carbonyl (C=O) groups excluding carboxylic acids is 1. The highest BCUT2D eigenvalue weighted by Crippen LogP contribution is 2.09. The molecule has 5 heteroatoms. The summed E-state index contributed by atoms with van der Waals surface area (Å²) in [6.07, 6.45) is 2.42. The predicted molar refractivity (Wildman–Crippen MR) is 69.6 cm³/mol. The fourth-order valence-electron chi connectivity index (χ4n) is 1.39. The van der Waals surface area contributed by atoms with Crippen LogP contribution in [0.15, 0.2) is 36.5 Å². The lowest BCUT2D eigenvalue weighted by Gasteiger charge is -2.03. The highest BCUT2D eigenvalue weighted by Gasteiger charge is 2.05. The molecule has 3 nitrogen and oxygen atoms in total. The van der Waals surface area contributed by atoms with E-state index in [-0.39, 0.29) is 5.91 Å². The van der Waals surface area contributed by atoms with Crippen molar-refractivity contribution < 1.29 is 4.79 Å². The molecule has 1 amide bonds. The molecule has 1 N–H and O–H groups in total. The quantitative estimate of drug-likeness (QED) is 0.925. The van der Waals surface area contributed by atoms with E-state index in [2.05, 4.69) is 9.69 Å². The molecule has 0 aliphatic carbocycles. The third-order valence-electron chi connectivity index (χ3n) is 2.27. The summed E-state index contributed by atoms with van der Waals surface area (Å²) in [4.78, 5) is 12.2. The molecule has 0 spiro atoms. The molecule has 0 saturated heterocycles. The van der Waals surface area contributed by atoms with Crippen LogP contribution in [0.4, 0.5) is 0 Å². The van der Waals surface area contributed by atoms with Gasteiger partial charge in [-0.3, -0.25) is 4.79 Å². The highest BCUT2D eigenvalue weighted by molar-refractivity contribution is 7.08. The Bertz CT molecular complexity index is 482. The minimum Gasteiger partial charge on any atom is -0.351 e. The Kier molecular flexibility index (Phi) is 4.12. The second-order valence-corrected chi connectivity index (χ2v) is 4.78. The molecule has 1 heterocycles. The van der Waals surface area contributed by atoms with E-state index in [0.717, 1.165) is 17.0 Å². The van der Waals surface area contributed by atoms with Crippen molar-refractivity contribution in [3.63, 3.8) is 0 Å². The molecule has 88 valence electrons. The third-order valence-corrected chi connectivity index (χ3v) is 3.27. The number of hydrogen-bond acceptors (Lipinski definition) is 3. The number of amides is 1. The first kappa shape index (κ1) is 12.1. The number of benzene rings is 1. The van der Waals surface area contributed by atoms with E-state index >= 15 is 0 Å². The Morgan fingerprint density at radius 1 is 1.29 bits per heavy atom. The van der Waals surface area contributed by atoms with Crippen LogP contribution >= 0.6 is 23.1 Å². The summed E-state index contributed by atoms with van der Waals surface area (Å²) in [5.41, 5.74) is 1.15. The van der Waals surface area contributed by atoms with E-state index in [9.17, 15) is 4.79 Å². The van der Waals surface area contributed by atoms with Crippen LogP contribution in [0.3, 0.4) is 0 Å². The van der Waals surface area contributed by atoms with Gasteiger partial charge in [-0.2, -0.15) is 0 Å². The first-order valence-corrected chi connectivity index (χ1v) is 6.34. The maximum atomic E-state index is 11.6. The van der Waals surface area contributed by atoms with Crippen LogP contribution in [0.1, 0.15) is 15.2 Å². The molecule has 0 fully saturated rings. The van der Waals surface area contributed by atoms with E-state index in [1.54, 1.807) is 12.3 Å². The van der Waals surface area contributed by atoms with Crippen LogP contribution in [0.5, 0.6) is 0 Å². The molecule has 0 saturated carbocycles. The zero-order valence-corrected chi connectivity index (χ0v) is 10.6. The largest absolute Gasteiger partial charge is 0.351 e. The summed E-state index contributed by atoms with van der Waals surface area (Å²) >= 11 is 6.99. The fourth-order valence-corrected chi connectivity index (χ4v) is 2.03. The molecular weight excluding hydrogens is 256 g/mol. The van der Waals surface area contributed by atoms with E-state index in [0.29, 0.717) is 11.4 Å². The molecule has 0 aliphatic heterocycles. The average Bonchev–Trinajstić information content (AvgIpc) is 2.85. The molecule has 1 aromatic carbocycles. The number of halogens is 1. The van der Waals surface area contributed by atoms with Gasteiger partial charge in [-0.1, -0.05) is 23.7 Å². The monoisotopic (exact) mass is 266 g/mol. The number of aromatic nitrogens is 1. The SMILES string of the molecule is O=C(NCCc1ccc(Cl)cc1)c1ccns1. The van der Waals surface area contributed by atoms with Crippen LogP contribution in [-0.2, 0) is 6.42 Å². The minimum absolute atomic E-state index is 0.0681. The first-order chi connectivity index (χ1) is 8.25. The molecule has 2 rings (SSSR count). The standard InChI is InChI=1S/C12H11ClN2OS/c13-10-3-1-9(2-4-10)5-7-14-12(16)11-6-8-15-17-11/h1-4,6,8H,5,7H2,(H,14,16). The van der Waals surface area contributed by atoms with E-state index in [4.69, 9.17) is 11.6 Å². The molecule has 0 radical (unpaired) electrons. The summed E-state index contributed by atoms with van der Waals surface area (Å²) < 4.78 is 3.89. The highest BCUT2D eigenvalue weighted by atomic mass is 35.5. The van der Waals surface area contributed by atoms with Crippen molar-refractivity contribution in [1.82, 2.24) is 9.69 Å². The maximum absolute atomic E-state index is 11.6. The van der Waals surface area contributed by atoms with E-state index < -0.39 is 0 Å². The molecule has 0 aliphatic rings. The number of nitrogens with zero attached hydrogens (tertiary/aromatic N) is 1. The Balaban J connectivity index is 1.80. The molecule has 17 heavy (non-hydrogen) atoms. The summed E-state index contributed by atoms with van der Waals surface area (Å²) in [5, 5.41) is 3.57. The molecule has 0 bridgehead atoms. The van der Waals surface area contributed by atoms with Crippen molar-refractivity contribution in [2.45, 2.75) is 6.42 Å². The number of nitrogens with one attached hydrogen (secondary N) is 1. The Morgan fingerprint density at radius 2 is 2.06 bits per heavy atom. The van der Waals surface area contributed by atoms with Crippen molar-refractivity contribution in [2.24, 2.45) is 0 Å². The van der Waals surface area contributed by atoms with Crippen molar-refractivity contribution in [2.75, 3.05) is 6.54 Å². The van der Waals surface area contributed by atoms with Crippen molar-refractivity contribution >= 4 is 29.0 Å². The Morgan fingerprint density at radius 3 is 2.71 bits per heavy atom. The number of hydrogen-bond donors (Lipinski definition) is 1. The van der Waals surface area contributed by atoms with Gasteiger partial charge in [0.2, 0.25) is 0 Å². The minimum atomic E-state index is -0.0681. The topological polar surface area (TPSA) is 42.0 Å². The van der Waals surface area contributed by atoms with Crippen molar-refractivity contribution in [1.29, 1.82) is 0 Å². The zero-order valence-electron chi connectivity index (χ0n) is 9.02. The van der Waals surface area contributed by atoms with Gasteiger partial charge in [0, 0.05) is 17.8 Å². The molecule has 1 aromatic heterocycles. The smallest absolute Gasteiger partial charge is 0.262 e.